The van der Waals surface area contributed by atoms with E-state index in [4.69, 9.17) is 5.26 Å². The number of nitrogens with zero attached hydrogens (tertiary/aromatic N) is 4. The summed E-state index contributed by atoms with van der Waals surface area (Å²) in [5.41, 5.74) is 1.59. The molecule has 0 radical (unpaired) electrons. The first-order valence-electron chi connectivity index (χ1n) is 9.10. The Balaban J connectivity index is 1.27. The van der Waals surface area contributed by atoms with Gasteiger partial charge in [-0.15, -0.1) is 0 Å². The smallest absolute Gasteiger partial charge is 0.222 e. The Hall–Kier alpha value is -2.52. The fourth-order valence-electron chi connectivity index (χ4n) is 4.25. The van der Waals surface area contributed by atoms with Crippen molar-refractivity contribution >= 4 is 5.95 Å². The SMILES string of the molecule is N#Cc1cc(CN2CCC3(CC2)CC(Nc2ncccn2)C3)ccc1F. The number of nitriles is 1. The van der Waals surface area contributed by atoms with Crippen molar-refractivity contribution < 1.29 is 4.39 Å². The zero-order valence-electron chi connectivity index (χ0n) is 14.7. The first kappa shape index (κ1) is 16.9. The fraction of sp³-hybridized carbons (Fsp3) is 0.450. The van der Waals surface area contributed by atoms with Crippen molar-refractivity contribution in [2.45, 2.75) is 38.3 Å². The van der Waals surface area contributed by atoms with E-state index in [0.29, 0.717) is 11.5 Å². The van der Waals surface area contributed by atoms with Crippen molar-refractivity contribution in [3.8, 4) is 6.07 Å². The number of hydrogen-bond donors (Lipinski definition) is 1. The Bertz CT molecular complexity index is 801. The Morgan fingerprint density at radius 1 is 1.23 bits per heavy atom. The van der Waals surface area contributed by atoms with Gasteiger partial charge in [0.2, 0.25) is 5.95 Å². The summed E-state index contributed by atoms with van der Waals surface area (Å²) < 4.78 is 13.4. The van der Waals surface area contributed by atoms with E-state index >= 15 is 0 Å². The largest absolute Gasteiger partial charge is 0.351 e. The van der Waals surface area contributed by atoms with Gasteiger partial charge in [0, 0.05) is 25.0 Å². The Kier molecular flexibility index (Phi) is 4.56. The number of hydrogen-bond acceptors (Lipinski definition) is 5. The van der Waals surface area contributed by atoms with Crippen LogP contribution in [0.2, 0.25) is 0 Å². The Labute approximate surface area is 152 Å². The predicted octanol–water partition coefficient (Wildman–Crippen LogP) is 3.34. The molecule has 5 nitrogen and oxygen atoms in total. The van der Waals surface area contributed by atoms with Crippen LogP contribution in [0.25, 0.3) is 0 Å². The third-order valence-corrected chi connectivity index (χ3v) is 5.73. The number of piperidine rings is 1. The molecule has 1 aromatic carbocycles. The van der Waals surface area contributed by atoms with Crippen LogP contribution in [0.4, 0.5) is 10.3 Å². The molecule has 1 saturated heterocycles. The molecule has 1 saturated carbocycles. The number of benzene rings is 1. The summed E-state index contributed by atoms with van der Waals surface area (Å²) in [4.78, 5) is 10.9. The molecular formula is C20H22FN5. The van der Waals surface area contributed by atoms with E-state index in [1.807, 2.05) is 12.1 Å². The Morgan fingerprint density at radius 2 is 1.96 bits per heavy atom. The molecule has 0 atom stereocenters. The molecule has 1 N–H and O–H groups in total. The molecule has 0 unspecified atom stereocenters. The van der Waals surface area contributed by atoms with Crippen LogP contribution in [-0.2, 0) is 6.54 Å². The average Bonchev–Trinajstić information content (AvgIpc) is 2.64. The van der Waals surface area contributed by atoms with Crippen LogP contribution >= 0.6 is 0 Å². The first-order chi connectivity index (χ1) is 12.7. The molecule has 2 fully saturated rings. The molecule has 1 spiro atoms. The third kappa shape index (κ3) is 3.54. The molecular weight excluding hydrogens is 329 g/mol. The number of aromatic nitrogens is 2. The van der Waals surface area contributed by atoms with Gasteiger partial charge in [0.1, 0.15) is 11.9 Å². The normalized spacial score (nSPS) is 19.7. The van der Waals surface area contributed by atoms with Crippen LogP contribution in [0, 0.1) is 22.6 Å². The van der Waals surface area contributed by atoms with Gasteiger partial charge >= 0.3 is 0 Å². The highest BCUT2D eigenvalue weighted by Gasteiger charge is 2.45. The summed E-state index contributed by atoms with van der Waals surface area (Å²) in [6, 6.07) is 9.06. The molecule has 0 amide bonds. The standard InChI is InChI=1S/C20H22FN5/c21-18-3-2-15(10-16(18)13-22)14-26-8-4-20(5-9-26)11-17(12-20)25-19-23-6-1-7-24-19/h1-3,6-7,10,17H,4-5,8-9,11-12,14H2,(H,23,24,25). The van der Waals surface area contributed by atoms with Crippen LogP contribution in [0.3, 0.4) is 0 Å². The van der Waals surface area contributed by atoms with Crippen LogP contribution in [0.15, 0.2) is 36.7 Å². The second-order valence-corrected chi connectivity index (χ2v) is 7.52. The van der Waals surface area contributed by atoms with E-state index in [1.165, 1.54) is 31.7 Å². The molecule has 6 heteroatoms. The highest BCUT2D eigenvalue weighted by atomic mass is 19.1. The summed E-state index contributed by atoms with van der Waals surface area (Å²) in [5.74, 6) is 0.277. The van der Waals surface area contributed by atoms with E-state index in [1.54, 1.807) is 24.5 Å². The second kappa shape index (κ2) is 7.00. The minimum atomic E-state index is -0.441. The van der Waals surface area contributed by atoms with Gasteiger partial charge in [-0.05, 0) is 68.0 Å². The molecule has 134 valence electrons. The van der Waals surface area contributed by atoms with Gasteiger partial charge in [0.25, 0.3) is 0 Å². The lowest BCUT2D eigenvalue weighted by Gasteiger charge is -2.52. The van der Waals surface area contributed by atoms with Crippen molar-refractivity contribution in [3.05, 3.63) is 53.6 Å². The molecule has 2 aliphatic rings. The van der Waals surface area contributed by atoms with Crippen LogP contribution in [0.5, 0.6) is 0 Å². The predicted molar refractivity (Wildman–Crippen MR) is 96.7 cm³/mol. The van der Waals surface area contributed by atoms with Gasteiger partial charge in [-0.2, -0.15) is 5.26 Å². The van der Waals surface area contributed by atoms with Gasteiger partial charge in [-0.3, -0.25) is 4.90 Å². The van der Waals surface area contributed by atoms with Gasteiger partial charge < -0.3 is 5.32 Å². The summed E-state index contributed by atoms with van der Waals surface area (Å²) in [7, 11) is 0. The van der Waals surface area contributed by atoms with Gasteiger partial charge in [-0.25, -0.2) is 14.4 Å². The zero-order chi connectivity index (χ0) is 18.0. The number of anilines is 1. The van der Waals surface area contributed by atoms with E-state index in [2.05, 4.69) is 20.2 Å². The average molecular weight is 351 g/mol. The van der Waals surface area contributed by atoms with Crippen LogP contribution < -0.4 is 5.32 Å². The number of halogens is 1. The highest BCUT2D eigenvalue weighted by molar-refractivity contribution is 5.34. The van der Waals surface area contributed by atoms with Gasteiger partial charge in [0.05, 0.1) is 5.56 Å². The lowest BCUT2D eigenvalue weighted by Crippen LogP contribution is -2.51. The quantitative estimate of drug-likeness (QED) is 0.915. The summed E-state index contributed by atoms with van der Waals surface area (Å²) in [6.07, 6.45) is 8.24. The van der Waals surface area contributed by atoms with Crippen LogP contribution in [0.1, 0.15) is 36.8 Å². The van der Waals surface area contributed by atoms with Gasteiger partial charge in [-0.1, -0.05) is 6.07 Å². The van der Waals surface area contributed by atoms with Crippen LogP contribution in [-0.4, -0.2) is 34.0 Å². The fourth-order valence-corrected chi connectivity index (χ4v) is 4.25. The van der Waals surface area contributed by atoms with Crippen molar-refractivity contribution in [2.75, 3.05) is 18.4 Å². The molecule has 0 bridgehead atoms. The first-order valence-corrected chi connectivity index (χ1v) is 9.10. The summed E-state index contributed by atoms with van der Waals surface area (Å²) in [6.45, 7) is 2.88. The molecule has 1 aliphatic carbocycles. The number of rotatable bonds is 4. The molecule has 4 rings (SSSR count). The molecule has 2 aromatic rings. The third-order valence-electron chi connectivity index (χ3n) is 5.73. The highest BCUT2D eigenvalue weighted by Crippen LogP contribution is 2.49. The van der Waals surface area contributed by atoms with E-state index < -0.39 is 5.82 Å². The van der Waals surface area contributed by atoms with Crippen molar-refractivity contribution in [1.29, 1.82) is 5.26 Å². The molecule has 1 aliphatic heterocycles. The summed E-state index contributed by atoms with van der Waals surface area (Å²) >= 11 is 0. The van der Waals surface area contributed by atoms with E-state index in [9.17, 15) is 4.39 Å². The van der Waals surface area contributed by atoms with Crippen molar-refractivity contribution in [3.63, 3.8) is 0 Å². The maximum Gasteiger partial charge on any atom is 0.222 e. The lowest BCUT2D eigenvalue weighted by atomic mass is 9.60. The minimum Gasteiger partial charge on any atom is -0.351 e. The minimum absolute atomic E-state index is 0.131. The molecule has 1 aromatic heterocycles. The zero-order valence-corrected chi connectivity index (χ0v) is 14.7. The molecule has 2 heterocycles. The van der Waals surface area contributed by atoms with Gasteiger partial charge in [0.15, 0.2) is 0 Å². The maximum atomic E-state index is 13.4. The lowest BCUT2D eigenvalue weighted by molar-refractivity contribution is 0.0209. The number of likely N-dealkylation sites (tertiary alicyclic amines) is 1. The topological polar surface area (TPSA) is 64.8 Å². The van der Waals surface area contributed by atoms with Crippen molar-refractivity contribution in [2.24, 2.45) is 5.41 Å². The molecule has 26 heavy (non-hydrogen) atoms. The van der Waals surface area contributed by atoms with Crippen molar-refractivity contribution in [1.82, 2.24) is 14.9 Å². The maximum absolute atomic E-state index is 13.4. The monoisotopic (exact) mass is 351 g/mol. The summed E-state index contributed by atoms with van der Waals surface area (Å²) in [5, 5.41) is 12.4. The van der Waals surface area contributed by atoms with E-state index in [0.717, 1.165) is 31.1 Å². The Morgan fingerprint density at radius 3 is 2.65 bits per heavy atom. The number of nitrogens with one attached hydrogen (secondary N) is 1. The van der Waals surface area contributed by atoms with E-state index in [-0.39, 0.29) is 5.56 Å². The second-order valence-electron chi connectivity index (χ2n) is 7.52.